The van der Waals surface area contributed by atoms with Crippen molar-refractivity contribution in [3.05, 3.63) is 71.8 Å². The van der Waals surface area contributed by atoms with Crippen molar-refractivity contribution in [2.45, 2.75) is 110 Å². The summed E-state index contributed by atoms with van der Waals surface area (Å²) in [6, 6.07) is 15.7. The highest BCUT2D eigenvalue weighted by atomic mass is 16.7. The maximum atomic E-state index is 6.67. The summed E-state index contributed by atoms with van der Waals surface area (Å²) < 4.78 is 13.3. The van der Waals surface area contributed by atoms with Gasteiger partial charge in [-0.1, -0.05) is 121 Å². The quantitative estimate of drug-likeness (QED) is 0.103. The monoisotopic (exact) mass is 476 g/mol. The average Bonchev–Trinajstić information content (AvgIpc) is 3.27. The highest BCUT2D eigenvalue weighted by Crippen LogP contribution is 2.46. The van der Waals surface area contributed by atoms with Crippen LogP contribution >= 0.6 is 0 Å². The van der Waals surface area contributed by atoms with Crippen molar-refractivity contribution in [2.75, 3.05) is 13.2 Å². The number of hydrogen-bond donors (Lipinski definition) is 0. The molecule has 2 nitrogen and oxygen atoms in total. The van der Waals surface area contributed by atoms with Crippen LogP contribution in [0.15, 0.2) is 55.1 Å². The third-order valence-corrected chi connectivity index (χ3v) is 7.53. The van der Waals surface area contributed by atoms with Crippen LogP contribution < -0.4 is 0 Å². The Balaban J connectivity index is 1.95. The summed E-state index contributed by atoms with van der Waals surface area (Å²) in [6.45, 7) is 12.4. The zero-order valence-electron chi connectivity index (χ0n) is 22.6. The van der Waals surface area contributed by atoms with Crippen LogP contribution in [0.5, 0.6) is 0 Å². The fourth-order valence-corrected chi connectivity index (χ4v) is 5.47. The molecule has 0 amide bonds. The molecular weight excluding hydrogens is 428 g/mol. The topological polar surface area (TPSA) is 18.5 Å². The zero-order chi connectivity index (χ0) is 24.9. The number of benzene rings is 2. The normalized spacial score (nSPS) is 13.5. The van der Waals surface area contributed by atoms with E-state index < -0.39 is 5.79 Å². The summed E-state index contributed by atoms with van der Waals surface area (Å²) in [7, 11) is 0. The lowest BCUT2D eigenvalue weighted by Gasteiger charge is -2.39. The molecule has 2 aromatic rings. The van der Waals surface area contributed by atoms with Gasteiger partial charge in [-0.3, -0.25) is 0 Å². The van der Waals surface area contributed by atoms with Gasteiger partial charge in [0.1, 0.15) is 0 Å². The van der Waals surface area contributed by atoms with E-state index >= 15 is 0 Å². The molecule has 0 saturated carbocycles. The summed E-state index contributed by atoms with van der Waals surface area (Å²) in [6.07, 6.45) is 16.1. The maximum absolute atomic E-state index is 6.67. The molecule has 0 spiro atoms. The van der Waals surface area contributed by atoms with Crippen molar-refractivity contribution in [3.8, 4) is 11.1 Å². The van der Waals surface area contributed by atoms with E-state index in [2.05, 4.69) is 69.8 Å². The van der Waals surface area contributed by atoms with Gasteiger partial charge in [-0.15, -0.1) is 0 Å². The van der Waals surface area contributed by atoms with Gasteiger partial charge in [-0.25, -0.2) is 0 Å². The summed E-state index contributed by atoms with van der Waals surface area (Å²) in [5.41, 5.74) is 7.03. The Morgan fingerprint density at radius 1 is 0.771 bits per heavy atom. The molecule has 3 rings (SSSR count). The van der Waals surface area contributed by atoms with Gasteiger partial charge in [0, 0.05) is 5.92 Å². The molecule has 0 N–H and O–H groups in total. The number of ether oxygens (including phenoxy) is 2. The minimum Gasteiger partial charge on any atom is -0.346 e. The molecule has 2 heteroatoms. The molecule has 2 aromatic carbocycles. The van der Waals surface area contributed by atoms with Gasteiger partial charge in [-0.05, 0) is 59.6 Å². The Morgan fingerprint density at radius 2 is 1.40 bits per heavy atom. The molecule has 0 saturated heterocycles. The van der Waals surface area contributed by atoms with Crippen molar-refractivity contribution in [2.24, 2.45) is 0 Å². The molecule has 0 bridgehead atoms. The molecular formula is C33H48O2. The van der Waals surface area contributed by atoms with E-state index in [-0.39, 0.29) is 5.92 Å². The van der Waals surface area contributed by atoms with E-state index in [0.717, 1.165) is 38.5 Å². The molecule has 1 unspecified atom stereocenters. The molecule has 0 aliphatic heterocycles. The molecule has 192 valence electrons. The Kier molecular flexibility index (Phi) is 11.6. The van der Waals surface area contributed by atoms with E-state index in [1.54, 1.807) is 0 Å². The second-order valence-electron chi connectivity index (χ2n) is 10.1. The van der Waals surface area contributed by atoms with E-state index in [0.29, 0.717) is 13.2 Å². The van der Waals surface area contributed by atoms with Crippen LogP contribution in [0, 0.1) is 0 Å². The molecule has 1 aliphatic rings. The predicted octanol–water partition coefficient (Wildman–Crippen LogP) is 9.61. The molecule has 0 fully saturated rings. The lowest BCUT2D eigenvalue weighted by molar-refractivity contribution is -0.220. The van der Waals surface area contributed by atoms with Crippen LogP contribution in [0.25, 0.3) is 11.1 Å². The van der Waals surface area contributed by atoms with Crippen molar-refractivity contribution < 1.29 is 9.47 Å². The standard InChI is InChI=1S/C33H48O2/c1-5-9-12-13-14-15-23-32(33(8-4,34-24-10-6-2)35-25-11-7-3)30-22-18-21-29-28-20-17-16-19-27(28)26-31(29)30/h8,16-22,32H,4-7,9-15,23-26H2,1-3H3. The molecule has 1 atom stereocenters. The van der Waals surface area contributed by atoms with Crippen molar-refractivity contribution >= 4 is 0 Å². The summed E-state index contributed by atoms with van der Waals surface area (Å²) >= 11 is 0. The number of rotatable bonds is 18. The summed E-state index contributed by atoms with van der Waals surface area (Å²) in [4.78, 5) is 0. The second-order valence-corrected chi connectivity index (χ2v) is 10.1. The van der Waals surface area contributed by atoms with Gasteiger partial charge in [0.15, 0.2) is 5.79 Å². The van der Waals surface area contributed by atoms with Gasteiger partial charge in [0.05, 0.1) is 13.2 Å². The minimum absolute atomic E-state index is 0.143. The van der Waals surface area contributed by atoms with Crippen LogP contribution in [0.1, 0.15) is 114 Å². The Bertz CT molecular complexity index is 890. The predicted molar refractivity (Wildman–Crippen MR) is 150 cm³/mol. The molecule has 35 heavy (non-hydrogen) atoms. The molecule has 1 aliphatic carbocycles. The summed E-state index contributed by atoms with van der Waals surface area (Å²) in [5.74, 6) is -0.637. The minimum atomic E-state index is -0.780. The maximum Gasteiger partial charge on any atom is 0.194 e. The second kappa shape index (κ2) is 14.6. The first-order valence-electron chi connectivity index (χ1n) is 14.3. The Morgan fingerprint density at radius 3 is 2.09 bits per heavy atom. The fraction of sp³-hybridized carbons (Fsp3) is 0.576. The molecule has 0 aromatic heterocycles. The van der Waals surface area contributed by atoms with Crippen LogP contribution in [0.4, 0.5) is 0 Å². The Labute approximate surface area is 215 Å². The lowest BCUT2D eigenvalue weighted by Crippen LogP contribution is -2.41. The van der Waals surface area contributed by atoms with E-state index in [1.807, 2.05) is 6.08 Å². The van der Waals surface area contributed by atoms with E-state index in [1.165, 1.54) is 66.3 Å². The lowest BCUT2D eigenvalue weighted by atomic mass is 9.81. The van der Waals surface area contributed by atoms with Crippen LogP contribution in [-0.4, -0.2) is 19.0 Å². The first kappa shape index (κ1) is 27.7. The van der Waals surface area contributed by atoms with Crippen molar-refractivity contribution in [3.63, 3.8) is 0 Å². The average molecular weight is 477 g/mol. The summed E-state index contributed by atoms with van der Waals surface area (Å²) in [5, 5.41) is 0. The van der Waals surface area contributed by atoms with Gasteiger partial charge in [-0.2, -0.15) is 0 Å². The number of fused-ring (bicyclic) bond motifs is 3. The highest BCUT2D eigenvalue weighted by Gasteiger charge is 2.41. The van der Waals surface area contributed by atoms with Crippen molar-refractivity contribution in [1.29, 1.82) is 0 Å². The fourth-order valence-electron chi connectivity index (χ4n) is 5.47. The largest absolute Gasteiger partial charge is 0.346 e. The highest BCUT2D eigenvalue weighted by molar-refractivity contribution is 5.78. The number of unbranched alkanes of at least 4 members (excludes halogenated alkanes) is 7. The molecule has 0 radical (unpaired) electrons. The number of hydrogen-bond acceptors (Lipinski definition) is 2. The van der Waals surface area contributed by atoms with E-state index in [4.69, 9.17) is 9.47 Å². The zero-order valence-corrected chi connectivity index (χ0v) is 22.6. The third kappa shape index (κ3) is 7.08. The van der Waals surface area contributed by atoms with Gasteiger partial charge >= 0.3 is 0 Å². The Hall–Kier alpha value is -1.90. The SMILES string of the molecule is C=CC(OCCCC)(OCCCC)C(CCCCCCCC)c1cccc2c1Cc1ccccc1-2. The van der Waals surface area contributed by atoms with Crippen LogP contribution in [0.3, 0.4) is 0 Å². The van der Waals surface area contributed by atoms with E-state index in [9.17, 15) is 0 Å². The first-order chi connectivity index (χ1) is 17.2. The first-order valence-corrected chi connectivity index (χ1v) is 14.3. The molecule has 0 heterocycles. The van der Waals surface area contributed by atoms with Crippen LogP contribution in [-0.2, 0) is 15.9 Å². The third-order valence-electron chi connectivity index (χ3n) is 7.53. The van der Waals surface area contributed by atoms with Crippen molar-refractivity contribution in [1.82, 2.24) is 0 Å². The van der Waals surface area contributed by atoms with Gasteiger partial charge < -0.3 is 9.47 Å². The van der Waals surface area contributed by atoms with Gasteiger partial charge in [0.2, 0.25) is 0 Å². The van der Waals surface area contributed by atoms with Crippen LogP contribution in [0.2, 0.25) is 0 Å². The smallest absolute Gasteiger partial charge is 0.194 e. The van der Waals surface area contributed by atoms with Gasteiger partial charge in [0.25, 0.3) is 0 Å².